The average Bonchev–Trinajstić information content (AvgIpc) is 2.83. The van der Waals surface area contributed by atoms with Crippen molar-refractivity contribution in [1.82, 2.24) is 5.32 Å². The average molecular weight is 179 g/mol. The van der Waals surface area contributed by atoms with Crippen LogP contribution in [0.15, 0.2) is 11.6 Å². The minimum Gasteiger partial charge on any atom is -0.349 e. The van der Waals surface area contributed by atoms with E-state index in [2.05, 4.69) is 18.3 Å². The minimum atomic E-state index is 0.189. The Bertz CT molecular complexity index is 244. The van der Waals surface area contributed by atoms with Crippen LogP contribution in [-0.4, -0.2) is 11.9 Å². The van der Waals surface area contributed by atoms with Crippen molar-refractivity contribution in [3.05, 3.63) is 11.6 Å². The van der Waals surface area contributed by atoms with Gasteiger partial charge in [0.2, 0.25) is 5.91 Å². The highest BCUT2D eigenvalue weighted by molar-refractivity contribution is 5.93. The summed E-state index contributed by atoms with van der Waals surface area (Å²) in [6.45, 7) is 2.18. The summed E-state index contributed by atoms with van der Waals surface area (Å²) in [5.41, 5.74) is 1.02. The molecule has 2 heteroatoms. The predicted molar refractivity (Wildman–Crippen MR) is 52.3 cm³/mol. The van der Waals surface area contributed by atoms with E-state index >= 15 is 0 Å². The number of carbonyl (C=O) groups is 1. The molecule has 0 radical (unpaired) electrons. The first-order chi connectivity index (χ1) is 6.27. The Morgan fingerprint density at radius 1 is 1.54 bits per heavy atom. The van der Waals surface area contributed by atoms with Gasteiger partial charge in [0.15, 0.2) is 0 Å². The highest BCUT2D eigenvalue weighted by Gasteiger charge is 2.34. The van der Waals surface area contributed by atoms with Crippen LogP contribution in [0.25, 0.3) is 0 Å². The van der Waals surface area contributed by atoms with Crippen LogP contribution in [0.2, 0.25) is 0 Å². The second-order valence-corrected chi connectivity index (χ2v) is 4.27. The van der Waals surface area contributed by atoms with Gasteiger partial charge in [-0.2, -0.15) is 0 Å². The number of hydrogen-bond donors (Lipinski definition) is 1. The third kappa shape index (κ3) is 2.11. The van der Waals surface area contributed by atoms with Crippen molar-refractivity contribution in [3.8, 4) is 0 Å². The smallest absolute Gasteiger partial charge is 0.247 e. The highest BCUT2D eigenvalue weighted by Crippen LogP contribution is 2.29. The summed E-state index contributed by atoms with van der Waals surface area (Å²) in [6, 6.07) is 0.468. The zero-order valence-electron chi connectivity index (χ0n) is 8.18. The molecule has 2 aliphatic carbocycles. The summed E-state index contributed by atoms with van der Waals surface area (Å²) in [5, 5.41) is 3.07. The van der Waals surface area contributed by atoms with E-state index in [4.69, 9.17) is 0 Å². The van der Waals surface area contributed by atoms with E-state index in [-0.39, 0.29) is 5.91 Å². The Hall–Kier alpha value is -0.790. The lowest BCUT2D eigenvalue weighted by Crippen LogP contribution is -2.28. The van der Waals surface area contributed by atoms with Crippen molar-refractivity contribution in [2.45, 2.75) is 45.1 Å². The molecule has 2 aliphatic rings. The van der Waals surface area contributed by atoms with Gasteiger partial charge >= 0.3 is 0 Å². The van der Waals surface area contributed by atoms with E-state index in [9.17, 15) is 4.79 Å². The van der Waals surface area contributed by atoms with Crippen molar-refractivity contribution in [3.63, 3.8) is 0 Å². The second-order valence-electron chi connectivity index (χ2n) is 4.27. The number of amides is 1. The molecule has 0 saturated heterocycles. The molecule has 0 bridgehead atoms. The van der Waals surface area contributed by atoms with Gasteiger partial charge in [0, 0.05) is 11.6 Å². The standard InChI is InChI=1S/C11H17NO/c1-8-7-10(8)12-11(13)9-5-3-2-4-6-9/h5,8,10H,2-4,6-7H2,1H3,(H,12,13)/t8-,10-/m1/s1. The molecule has 0 spiro atoms. The van der Waals surface area contributed by atoms with Gasteiger partial charge in [-0.15, -0.1) is 0 Å². The topological polar surface area (TPSA) is 29.1 Å². The molecule has 1 fully saturated rings. The Morgan fingerprint density at radius 2 is 2.31 bits per heavy atom. The van der Waals surface area contributed by atoms with Crippen LogP contribution in [0, 0.1) is 5.92 Å². The zero-order chi connectivity index (χ0) is 9.26. The minimum absolute atomic E-state index is 0.189. The quantitative estimate of drug-likeness (QED) is 0.690. The molecule has 2 rings (SSSR count). The monoisotopic (exact) mass is 179 g/mol. The molecule has 1 saturated carbocycles. The molecule has 0 aromatic heterocycles. The van der Waals surface area contributed by atoms with E-state index in [0.717, 1.165) is 18.4 Å². The number of allylic oxidation sites excluding steroid dienone is 1. The summed E-state index contributed by atoms with van der Waals surface area (Å²) in [4.78, 5) is 11.6. The maximum absolute atomic E-state index is 11.6. The van der Waals surface area contributed by atoms with E-state index in [0.29, 0.717) is 12.0 Å². The zero-order valence-corrected chi connectivity index (χ0v) is 8.18. The lowest BCUT2D eigenvalue weighted by molar-refractivity contribution is -0.117. The highest BCUT2D eigenvalue weighted by atomic mass is 16.1. The fourth-order valence-electron chi connectivity index (χ4n) is 1.83. The first kappa shape index (κ1) is 8.79. The van der Waals surface area contributed by atoms with Crippen LogP contribution in [0.3, 0.4) is 0 Å². The third-order valence-corrected chi connectivity index (χ3v) is 3.01. The molecule has 2 nitrogen and oxygen atoms in total. The van der Waals surface area contributed by atoms with Gasteiger partial charge in [-0.25, -0.2) is 0 Å². The fourth-order valence-corrected chi connectivity index (χ4v) is 1.83. The molecule has 0 aliphatic heterocycles. The summed E-state index contributed by atoms with van der Waals surface area (Å²) in [5.74, 6) is 0.891. The maximum Gasteiger partial charge on any atom is 0.247 e. The van der Waals surface area contributed by atoms with Gasteiger partial charge in [-0.3, -0.25) is 4.79 Å². The molecule has 0 unspecified atom stereocenters. The van der Waals surface area contributed by atoms with Crippen LogP contribution < -0.4 is 5.32 Å². The third-order valence-electron chi connectivity index (χ3n) is 3.01. The number of nitrogens with one attached hydrogen (secondary N) is 1. The van der Waals surface area contributed by atoms with E-state index < -0.39 is 0 Å². The van der Waals surface area contributed by atoms with Crippen LogP contribution in [0.4, 0.5) is 0 Å². The lowest BCUT2D eigenvalue weighted by Gasteiger charge is -2.12. The largest absolute Gasteiger partial charge is 0.349 e. The van der Waals surface area contributed by atoms with E-state index in [1.165, 1.54) is 19.3 Å². The van der Waals surface area contributed by atoms with Crippen molar-refractivity contribution >= 4 is 5.91 Å². The first-order valence-electron chi connectivity index (χ1n) is 5.27. The molecule has 0 aromatic rings. The van der Waals surface area contributed by atoms with Gasteiger partial charge in [0.05, 0.1) is 0 Å². The Morgan fingerprint density at radius 3 is 2.85 bits per heavy atom. The molecule has 72 valence electrons. The molecule has 13 heavy (non-hydrogen) atoms. The van der Waals surface area contributed by atoms with Gasteiger partial charge in [-0.05, 0) is 38.0 Å². The lowest BCUT2D eigenvalue weighted by atomic mass is 9.99. The summed E-state index contributed by atoms with van der Waals surface area (Å²) < 4.78 is 0. The summed E-state index contributed by atoms with van der Waals surface area (Å²) in [6.07, 6.45) is 7.76. The second kappa shape index (κ2) is 3.52. The van der Waals surface area contributed by atoms with Crippen LogP contribution in [0.5, 0.6) is 0 Å². The Kier molecular flexibility index (Phi) is 2.38. The first-order valence-corrected chi connectivity index (χ1v) is 5.27. The summed E-state index contributed by atoms with van der Waals surface area (Å²) in [7, 11) is 0. The molecule has 1 N–H and O–H groups in total. The number of hydrogen-bond acceptors (Lipinski definition) is 1. The summed E-state index contributed by atoms with van der Waals surface area (Å²) >= 11 is 0. The molecule has 2 atom stereocenters. The Balaban J connectivity index is 1.85. The molecule has 0 heterocycles. The van der Waals surface area contributed by atoms with Gasteiger partial charge < -0.3 is 5.32 Å². The SMILES string of the molecule is C[C@@H]1C[C@H]1NC(=O)C1=CCCCC1. The van der Waals surface area contributed by atoms with Crippen molar-refractivity contribution < 1.29 is 4.79 Å². The van der Waals surface area contributed by atoms with E-state index in [1.54, 1.807) is 0 Å². The normalized spacial score (nSPS) is 32.2. The number of rotatable bonds is 2. The van der Waals surface area contributed by atoms with E-state index in [1.807, 2.05) is 0 Å². The van der Waals surface area contributed by atoms with Gasteiger partial charge in [0.25, 0.3) is 0 Å². The van der Waals surface area contributed by atoms with Crippen molar-refractivity contribution in [2.75, 3.05) is 0 Å². The molecule has 0 aromatic carbocycles. The predicted octanol–water partition coefficient (Wildman–Crippen LogP) is 2.01. The van der Waals surface area contributed by atoms with Crippen molar-refractivity contribution in [2.24, 2.45) is 5.92 Å². The van der Waals surface area contributed by atoms with Crippen molar-refractivity contribution in [1.29, 1.82) is 0 Å². The number of carbonyl (C=O) groups excluding carboxylic acids is 1. The van der Waals surface area contributed by atoms with Gasteiger partial charge in [0.1, 0.15) is 0 Å². The maximum atomic E-state index is 11.6. The van der Waals surface area contributed by atoms with Crippen LogP contribution in [-0.2, 0) is 4.79 Å². The fraction of sp³-hybridized carbons (Fsp3) is 0.727. The molecule has 1 amide bonds. The van der Waals surface area contributed by atoms with Crippen LogP contribution in [0.1, 0.15) is 39.0 Å². The Labute approximate surface area is 79.4 Å². The van der Waals surface area contributed by atoms with Gasteiger partial charge in [-0.1, -0.05) is 13.0 Å². The molecular weight excluding hydrogens is 162 g/mol. The van der Waals surface area contributed by atoms with Crippen LogP contribution >= 0.6 is 0 Å². The molecular formula is C11H17NO.